The molecule has 0 saturated heterocycles. The van der Waals surface area contributed by atoms with Crippen LogP contribution in [0.15, 0.2) is 52.2 Å². The van der Waals surface area contributed by atoms with Gasteiger partial charge in [0.25, 0.3) is 0 Å². The number of thiazole rings is 1. The highest BCUT2D eigenvalue weighted by Crippen LogP contribution is 2.27. The van der Waals surface area contributed by atoms with Crippen LogP contribution in [0, 0.1) is 0 Å². The van der Waals surface area contributed by atoms with Gasteiger partial charge in [0, 0.05) is 17.2 Å². The van der Waals surface area contributed by atoms with Crippen LogP contribution in [-0.2, 0) is 21.2 Å². The number of thioether (sulfide) groups is 1. The Labute approximate surface area is 214 Å². The maximum Gasteiger partial charge on any atom is 0.305 e. The zero-order valence-corrected chi connectivity index (χ0v) is 21.9. The van der Waals surface area contributed by atoms with E-state index in [2.05, 4.69) is 15.0 Å². The number of aromatic nitrogens is 1. The molecule has 0 aliphatic carbocycles. The standard InChI is InChI=1S/C22H29N3O5S3.ClH/c26-19-8-7-17(21-20(19)25-22(27)32-21)9-11-23-10-4-16-33(28,29)24-12-13-30-14-15-31-18-5-2-1-3-6-18;/h1-3,5-8,23-24,26H,4,9-16H2,(H,25,27);1H. The number of nitrogens with one attached hydrogen (secondary N) is 3. The second-order valence-electron chi connectivity index (χ2n) is 7.30. The number of aromatic amines is 1. The normalized spacial score (nSPS) is 11.5. The number of hydrogen-bond acceptors (Lipinski definition) is 8. The van der Waals surface area contributed by atoms with Gasteiger partial charge in [-0.05, 0) is 49.7 Å². The lowest BCUT2D eigenvalue weighted by atomic mass is 10.1. The molecule has 3 rings (SSSR count). The van der Waals surface area contributed by atoms with Gasteiger partial charge in [-0.25, -0.2) is 13.1 Å². The Balaban J connectivity index is 0.00000408. The molecule has 12 heteroatoms. The molecule has 0 bridgehead atoms. The minimum absolute atomic E-state index is 0. The lowest BCUT2D eigenvalue weighted by molar-refractivity contribution is 0.155. The molecule has 3 aromatic rings. The molecule has 0 amide bonds. The number of ether oxygens (including phenoxy) is 1. The number of benzene rings is 2. The van der Waals surface area contributed by atoms with Crippen LogP contribution in [0.25, 0.3) is 10.2 Å². The van der Waals surface area contributed by atoms with Gasteiger partial charge >= 0.3 is 4.87 Å². The quantitative estimate of drug-likeness (QED) is 0.170. The fourth-order valence-electron chi connectivity index (χ4n) is 3.18. The van der Waals surface area contributed by atoms with Crippen molar-refractivity contribution in [3.8, 4) is 5.75 Å². The van der Waals surface area contributed by atoms with E-state index in [1.165, 1.54) is 4.90 Å². The zero-order chi connectivity index (χ0) is 23.5. The maximum absolute atomic E-state index is 12.1. The van der Waals surface area contributed by atoms with Crippen LogP contribution in [0.5, 0.6) is 5.75 Å². The van der Waals surface area contributed by atoms with Crippen molar-refractivity contribution in [2.75, 3.05) is 44.4 Å². The lowest BCUT2D eigenvalue weighted by Gasteiger charge is -2.09. The summed E-state index contributed by atoms with van der Waals surface area (Å²) in [6.45, 7) is 2.40. The van der Waals surface area contributed by atoms with Gasteiger partial charge in [-0.15, -0.1) is 24.2 Å². The minimum atomic E-state index is -3.33. The summed E-state index contributed by atoms with van der Waals surface area (Å²) in [5, 5.41) is 13.1. The largest absolute Gasteiger partial charge is 0.506 e. The maximum atomic E-state index is 12.1. The van der Waals surface area contributed by atoms with Crippen LogP contribution >= 0.6 is 35.5 Å². The number of fused-ring (bicyclic) bond motifs is 1. The second-order valence-corrected chi connectivity index (χ2v) is 11.4. The van der Waals surface area contributed by atoms with E-state index in [0.29, 0.717) is 44.7 Å². The molecule has 188 valence electrons. The number of phenolic OH excluding ortho intramolecular Hbond substituents is 1. The third-order valence-electron chi connectivity index (χ3n) is 4.78. The number of halogens is 1. The van der Waals surface area contributed by atoms with Crippen molar-refractivity contribution in [1.82, 2.24) is 15.0 Å². The van der Waals surface area contributed by atoms with Crippen LogP contribution in [0.2, 0.25) is 0 Å². The SMILES string of the molecule is Cl.O=c1[nH]c2c(O)ccc(CCNCCCS(=O)(=O)NCCOCCSc3ccccc3)c2s1. The molecule has 0 radical (unpaired) electrons. The number of aromatic hydroxyl groups is 1. The van der Waals surface area contributed by atoms with Gasteiger partial charge in [0.2, 0.25) is 10.0 Å². The van der Waals surface area contributed by atoms with E-state index in [-0.39, 0.29) is 35.3 Å². The van der Waals surface area contributed by atoms with E-state index in [9.17, 15) is 18.3 Å². The summed E-state index contributed by atoms with van der Waals surface area (Å²) < 4.78 is 33.0. The first-order chi connectivity index (χ1) is 15.9. The van der Waals surface area contributed by atoms with Gasteiger partial charge in [-0.3, -0.25) is 4.79 Å². The van der Waals surface area contributed by atoms with Crippen LogP contribution in [0.4, 0.5) is 0 Å². The van der Waals surface area contributed by atoms with Crippen molar-refractivity contribution in [2.24, 2.45) is 0 Å². The highest BCUT2D eigenvalue weighted by molar-refractivity contribution is 7.99. The van der Waals surface area contributed by atoms with Gasteiger partial charge in [0.1, 0.15) is 11.3 Å². The van der Waals surface area contributed by atoms with E-state index < -0.39 is 10.0 Å². The molecule has 1 heterocycles. The zero-order valence-electron chi connectivity index (χ0n) is 18.6. The highest BCUT2D eigenvalue weighted by Gasteiger charge is 2.10. The fraction of sp³-hybridized carbons (Fsp3) is 0.409. The Hall–Kier alpha value is -1.60. The number of rotatable bonds is 15. The van der Waals surface area contributed by atoms with E-state index in [0.717, 1.165) is 27.4 Å². The molecular formula is C22H30ClN3O5S3. The summed E-state index contributed by atoms with van der Waals surface area (Å²) in [4.78, 5) is 15.2. The van der Waals surface area contributed by atoms with Gasteiger partial charge < -0.3 is 20.1 Å². The Kier molecular flexibility index (Phi) is 12.4. The Morgan fingerprint density at radius 3 is 2.65 bits per heavy atom. The molecular weight excluding hydrogens is 518 g/mol. The summed E-state index contributed by atoms with van der Waals surface area (Å²) >= 11 is 2.78. The molecule has 34 heavy (non-hydrogen) atoms. The monoisotopic (exact) mass is 547 g/mol. The summed E-state index contributed by atoms with van der Waals surface area (Å²) in [5.41, 5.74) is 1.44. The first kappa shape index (κ1) is 28.6. The average molecular weight is 548 g/mol. The molecule has 0 aliphatic heterocycles. The minimum Gasteiger partial charge on any atom is -0.506 e. The van der Waals surface area contributed by atoms with E-state index >= 15 is 0 Å². The van der Waals surface area contributed by atoms with Crippen molar-refractivity contribution in [1.29, 1.82) is 0 Å². The summed E-state index contributed by atoms with van der Waals surface area (Å²) in [5.74, 6) is 0.933. The van der Waals surface area contributed by atoms with E-state index in [1.54, 1.807) is 23.9 Å². The van der Waals surface area contributed by atoms with Crippen LogP contribution in [-0.4, -0.2) is 62.9 Å². The summed E-state index contributed by atoms with van der Waals surface area (Å²) in [6.07, 6.45) is 1.17. The van der Waals surface area contributed by atoms with E-state index in [1.807, 2.05) is 30.3 Å². The van der Waals surface area contributed by atoms with Gasteiger partial charge in [-0.1, -0.05) is 35.6 Å². The Bertz CT molecular complexity index is 1170. The van der Waals surface area contributed by atoms with Crippen molar-refractivity contribution in [3.05, 3.63) is 57.7 Å². The smallest absolute Gasteiger partial charge is 0.305 e. The molecule has 4 N–H and O–H groups in total. The molecule has 0 spiro atoms. The predicted molar refractivity (Wildman–Crippen MR) is 142 cm³/mol. The number of H-pyrrole nitrogens is 1. The van der Waals surface area contributed by atoms with Crippen molar-refractivity contribution in [2.45, 2.75) is 17.7 Å². The molecule has 8 nitrogen and oxygen atoms in total. The molecule has 0 unspecified atom stereocenters. The first-order valence-corrected chi connectivity index (χ1v) is 14.2. The van der Waals surface area contributed by atoms with Crippen LogP contribution in [0.3, 0.4) is 0 Å². The molecule has 0 saturated carbocycles. The summed E-state index contributed by atoms with van der Waals surface area (Å²) in [7, 11) is -3.33. The first-order valence-electron chi connectivity index (χ1n) is 10.7. The van der Waals surface area contributed by atoms with Gasteiger partial charge in [-0.2, -0.15) is 0 Å². The molecule has 0 fully saturated rings. The van der Waals surface area contributed by atoms with Gasteiger partial charge in [0.15, 0.2) is 0 Å². The van der Waals surface area contributed by atoms with Crippen molar-refractivity contribution >= 4 is 55.7 Å². The van der Waals surface area contributed by atoms with Gasteiger partial charge in [0.05, 0.1) is 23.7 Å². The lowest BCUT2D eigenvalue weighted by Crippen LogP contribution is -2.31. The number of phenols is 1. The van der Waals surface area contributed by atoms with Crippen molar-refractivity contribution < 1.29 is 18.3 Å². The highest BCUT2D eigenvalue weighted by atomic mass is 35.5. The average Bonchev–Trinajstić information content (AvgIpc) is 3.20. The second kappa shape index (κ2) is 14.7. The van der Waals surface area contributed by atoms with E-state index in [4.69, 9.17) is 4.74 Å². The summed E-state index contributed by atoms with van der Waals surface area (Å²) in [6, 6.07) is 13.4. The molecule has 2 aromatic carbocycles. The van der Waals surface area contributed by atoms with Crippen LogP contribution < -0.4 is 14.9 Å². The molecule has 0 aliphatic rings. The molecule has 0 atom stereocenters. The Morgan fingerprint density at radius 2 is 1.85 bits per heavy atom. The number of sulfonamides is 1. The van der Waals surface area contributed by atoms with Crippen LogP contribution in [0.1, 0.15) is 12.0 Å². The topological polar surface area (TPSA) is 121 Å². The predicted octanol–water partition coefficient (Wildman–Crippen LogP) is 2.97. The molecule has 1 aromatic heterocycles. The Morgan fingerprint density at radius 1 is 1.06 bits per heavy atom. The van der Waals surface area contributed by atoms with Crippen molar-refractivity contribution in [3.63, 3.8) is 0 Å². The third kappa shape index (κ3) is 9.57. The fourth-order valence-corrected chi connectivity index (χ4v) is 5.93. The number of hydrogen-bond donors (Lipinski definition) is 4. The third-order valence-corrected chi connectivity index (χ3v) is 8.19.